The van der Waals surface area contributed by atoms with Gasteiger partial charge < -0.3 is 19.9 Å². The molecule has 1 heterocycles. The number of aromatic nitrogens is 2. The highest BCUT2D eigenvalue weighted by Crippen LogP contribution is 2.25. The van der Waals surface area contributed by atoms with Crippen molar-refractivity contribution in [1.82, 2.24) is 20.8 Å². The second kappa shape index (κ2) is 10.3. The average molecular weight is 383 g/mol. The van der Waals surface area contributed by atoms with Crippen molar-refractivity contribution >= 4 is 18.3 Å². The zero-order chi connectivity index (χ0) is 18.3. The van der Waals surface area contributed by atoms with Gasteiger partial charge in [-0.05, 0) is 12.1 Å². The molecule has 2 aromatic rings. The van der Waals surface area contributed by atoms with Crippen molar-refractivity contribution in [3.63, 3.8) is 0 Å². The summed E-state index contributed by atoms with van der Waals surface area (Å²) in [7, 11) is 1.66. The third kappa shape index (κ3) is 6.09. The molecule has 0 fully saturated rings. The van der Waals surface area contributed by atoms with Crippen molar-refractivity contribution in [2.45, 2.75) is 26.2 Å². The summed E-state index contributed by atoms with van der Waals surface area (Å²) < 4.78 is 10.3. The molecule has 0 saturated carbocycles. The van der Waals surface area contributed by atoms with Crippen molar-refractivity contribution < 1.29 is 14.1 Å². The lowest BCUT2D eigenvalue weighted by molar-refractivity contribution is 0.0954. The van der Waals surface area contributed by atoms with Gasteiger partial charge in [0.25, 0.3) is 11.8 Å². The fourth-order valence-corrected chi connectivity index (χ4v) is 2.16. The van der Waals surface area contributed by atoms with Crippen LogP contribution in [0.5, 0.6) is 0 Å². The summed E-state index contributed by atoms with van der Waals surface area (Å²) in [6.07, 6.45) is 0. The summed E-state index contributed by atoms with van der Waals surface area (Å²) in [4.78, 5) is 16.9. The zero-order valence-corrected chi connectivity index (χ0v) is 16.5. The molecule has 1 aromatic carbocycles. The normalized spacial score (nSPS) is 11.1. The number of amides is 1. The summed E-state index contributed by atoms with van der Waals surface area (Å²) in [6, 6.07) is 7.23. The number of hydrogen-bond donors (Lipinski definition) is 2. The standard InChI is InChI=1S/C18H26N4O3.ClH/c1-18(2,3)17-21-16(25-22-17)14-8-6-5-7-13(14)15(23)20-10-9-19-11-12-24-4;/h5-8,19H,9-12H2,1-4H3,(H,20,23);1H. The minimum atomic E-state index is -0.215. The quantitative estimate of drug-likeness (QED) is 0.681. The van der Waals surface area contributed by atoms with Crippen LogP contribution in [0, 0.1) is 0 Å². The molecule has 26 heavy (non-hydrogen) atoms. The van der Waals surface area contributed by atoms with Crippen LogP contribution in [0.15, 0.2) is 28.8 Å². The van der Waals surface area contributed by atoms with Gasteiger partial charge in [-0.25, -0.2) is 0 Å². The molecule has 0 aliphatic heterocycles. The van der Waals surface area contributed by atoms with E-state index in [-0.39, 0.29) is 23.7 Å². The summed E-state index contributed by atoms with van der Waals surface area (Å²) in [6.45, 7) is 8.62. The first kappa shape index (κ1) is 22.1. The summed E-state index contributed by atoms with van der Waals surface area (Å²) >= 11 is 0. The number of nitrogens with one attached hydrogen (secondary N) is 2. The second-order valence-corrected chi connectivity index (χ2v) is 6.72. The van der Waals surface area contributed by atoms with Crippen molar-refractivity contribution in [1.29, 1.82) is 0 Å². The Kier molecular flexibility index (Phi) is 8.71. The first-order valence-electron chi connectivity index (χ1n) is 8.35. The van der Waals surface area contributed by atoms with Crippen LogP contribution in [0.2, 0.25) is 0 Å². The minimum absolute atomic E-state index is 0. The van der Waals surface area contributed by atoms with Gasteiger partial charge in [0, 0.05) is 32.2 Å². The Labute approximate surface area is 160 Å². The zero-order valence-electron chi connectivity index (χ0n) is 15.7. The lowest BCUT2D eigenvalue weighted by atomic mass is 9.96. The number of carbonyl (C=O) groups is 1. The highest BCUT2D eigenvalue weighted by atomic mass is 35.5. The highest BCUT2D eigenvalue weighted by Gasteiger charge is 2.23. The SMILES string of the molecule is COCCNCCNC(=O)c1ccccc1-c1nc(C(C)(C)C)no1.Cl. The van der Waals surface area contributed by atoms with Gasteiger partial charge in [-0.1, -0.05) is 38.1 Å². The number of carbonyl (C=O) groups excluding carboxylic acids is 1. The molecule has 0 atom stereocenters. The van der Waals surface area contributed by atoms with E-state index in [1.54, 1.807) is 13.2 Å². The number of nitrogens with zero attached hydrogens (tertiary/aromatic N) is 2. The minimum Gasteiger partial charge on any atom is -0.383 e. The van der Waals surface area contributed by atoms with Crippen LogP contribution < -0.4 is 10.6 Å². The van der Waals surface area contributed by atoms with Gasteiger partial charge in [-0.3, -0.25) is 4.79 Å². The van der Waals surface area contributed by atoms with E-state index in [1.807, 2.05) is 39.0 Å². The molecule has 1 amide bonds. The summed E-state index contributed by atoms with van der Waals surface area (Å²) in [5.74, 6) is 0.800. The van der Waals surface area contributed by atoms with Gasteiger partial charge >= 0.3 is 0 Å². The van der Waals surface area contributed by atoms with Gasteiger partial charge in [-0.2, -0.15) is 4.98 Å². The molecule has 8 heteroatoms. The molecule has 0 bridgehead atoms. The monoisotopic (exact) mass is 382 g/mol. The van der Waals surface area contributed by atoms with Gasteiger partial charge in [0.15, 0.2) is 5.82 Å². The van der Waals surface area contributed by atoms with E-state index in [0.29, 0.717) is 42.5 Å². The van der Waals surface area contributed by atoms with Crippen LogP contribution in [-0.4, -0.2) is 49.4 Å². The molecule has 1 aromatic heterocycles. The van der Waals surface area contributed by atoms with Gasteiger partial charge in [0.1, 0.15) is 0 Å². The van der Waals surface area contributed by atoms with Gasteiger partial charge in [0.05, 0.1) is 17.7 Å². The van der Waals surface area contributed by atoms with Crippen LogP contribution >= 0.6 is 12.4 Å². The van der Waals surface area contributed by atoms with E-state index in [2.05, 4.69) is 20.8 Å². The molecular weight excluding hydrogens is 356 g/mol. The van der Waals surface area contributed by atoms with E-state index in [1.165, 1.54) is 0 Å². The third-order valence-electron chi connectivity index (χ3n) is 3.57. The van der Waals surface area contributed by atoms with Crippen LogP contribution in [0.25, 0.3) is 11.5 Å². The van der Waals surface area contributed by atoms with Crippen molar-refractivity contribution in [2.24, 2.45) is 0 Å². The van der Waals surface area contributed by atoms with E-state index in [9.17, 15) is 4.79 Å². The van der Waals surface area contributed by atoms with Crippen LogP contribution in [0.3, 0.4) is 0 Å². The first-order valence-corrected chi connectivity index (χ1v) is 8.35. The Morgan fingerprint density at radius 1 is 1.19 bits per heavy atom. The summed E-state index contributed by atoms with van der Waals surface area (Å²) in [5.41, 5.74) is 0.936. The van der Waals surface area contributed by atoms with Gasteiger partial charge in [-0.15, -0.1) is 12.4 Å². The molecule has 0 aliphatic rings. The predicted octanol–water partition coefficient (Wildman–Crippen LogP) is 2.42. The van der Waals surface area contributed by atoms with Crippen LogP contribution in [-0.2, 0) is 10.2 Å². The Bertz CT molecular complexity index is 698. The Balaban J connectivity index is 0.00000338. The predicted molar refractivity (Wildman–Crippen MR) is 103 cm³/mol. The fourth-order valence-electron chi connectivity index (χ4n) is 2.16. The van der Waals surface area contributed by atoms with Crippen molar-refractivity contribution in [3.05, 3.63) is 35.7 Å². The molecule has 7 nitrogen and oxygen atoms in total. The largest absolute Gasteiger partial charge is 0.383 e. The Hall–Kier alpha value is -1.96. The third-order valence-corrected chi connectivity index (χ3v) is 3.57. The smallest absolute Gasteiger partial charge is 0.258 e. The second-order valence-electron chi connectivity index (χ2n) is 6.72. The van der Waals surface area contributed by atoms with E-state index in [0.717, 1.165) is 6.54 Å². The molecule has 2 rings (SSSR count). The van der Waals surface area contributed by atoms with E-state index < -0.39 is 0 Å². The van der Waals surface area contributed by atoms with Gasteiger partial charge in [0.2, 0.25) is 0 Å². The summed E-state index contributed by atoms with van der Waals surface area (Å²) in [5, 5.41) is 10.1. The lowest BCUT2D eigenvalue weighted by Crippen LogP contribution is -2.33. The topological polar surface area (TPSA) is 89.3 Å². The number of methoxy groups -OCH3 is 1. The lowest BCUT2D eigenvalue weighted by Gasteiger charge is -2.11. The van der Waals surface area contributed by atoms with Crippen molar-refractivity contribution in [2.75, 3.05) is 33.4 Å². The van der Waals surface area contributed by atoms with E-state index >= 15 is 0 Å². The molecule has 0 unspecified atom stereocenters. The maximum Gasteiger partial charge on any atom is 0.258 e. The number of ether oxygens (including phenoxy) is 1. The number of hydrogen-bond acceptors (Lipinski definition) is 6. The number of benzene rings is 1. The maximum atomic E-state index is 12.5. The number of halogens is 1. The molecule has 2 N–H and O–H groups in total. The fraction of sp³-hybridized carbons (Fsp3) is 0.500. The van der Waals surface area contributed by atoms with Crippen LogP contribution in [0.1, 0.15) is 37.0 Å². The van der Waals surface area contributed by atoms with E-state index in [4.69, 9.17) is 9.26 Å². The first-order chi connectivity index (χ1) is 11.9. The van der Waals surface area contributed by atoms with Crippen LogP contribution in [0.4, 0.5) is 0 Å². The molecule has 0 aliphatic carbocycles. The Morgan fingerprint density at radius 2 is 1.92 bits per heavy atom. The molecular formula is C18H27ClN4O3. The molecule has 144 valence electrons. The molecule has 0 radical (unpaired) electrons. The maximum absolute atomic E-state index is 12.5. The average Bonchev–Trinajstić information content (AvgIpc) is 3.08. The highest BCUT2D eigenvalue weighted by molar-refractivity contribution is 5.99. The Morgan fingerprint density at radius 3 is 2.58 bits per heavy atom. The van der Waals surface area contributed by atoms with Crippen molar-refractivity contribution in [3.8, 4) is 11.5 Å². The molecule has 0 saturated heterocycles. The molecule has 0 spiro atoms. The number of rotatable bonds is 8.